The van der Waals surface area contributed by atoms with Gasteiger partial charge in [-0.2, -0.15) is 0 Å². The summed E-state index contributed by atoms with van der Waals surface area (Å²) in [4.78, 5) is 17.2. The molecule has 0 saturated heterocycles. The van der Waals surface area contributed by atoms with Crippen LogP contribution >= 0.6 is 11.8 Å². The molecule has 170 valence electrons. The smallest absolute Gasteiger partial charge is 0.254 e. The van der Waals surface area contributed by atoms with Gasteiger partial charge < -0.3 is 19.3 Å². The van der Waals surface area contributed by atoms with Crippen LogP contribution in [-0.4, -0.2) is 35.8 Å². The van der Waals surface area contributed by atoms with Gasteiger partial charge in [0.1, 0.15) is 10.8 Å². The van der Waals surface area contributed by atoms with E-state index in [1.807, 2.05) is 45.9 Å². The number of carbonyl (C=O) groups excluding carboxylic acids is 1. The molecule has 3 rings (SSSR count). The van der Waals surface area contributed by atoms with E-state index in [1.54, 1.807) is 18.3 Å². The van der Waals surface area contributed by atoms with Gasteiger partial charge in [0.05, 0.1) is 24.5 Å². The van der Waals surface area contributed by atoms with Gasteiger partial charge in [-0.05, 0) is 63.9 Å². The van der Waals surface area contributed by atoms with Crippen molar-refractivity contribution in [3.63, 3.8) is 0 Å². The minimum Gasteiger partial charge on any atom is -0.490 e. The summed E-state index contributed by atoms with van der Waals surface area (Å²) in [5, 5.41) is 7.67. The van der Waals surface area contributed by atoms with E-state index >= 15 is 0 Å². The van der Waals surface area contributed by atoms with Crippen molar-refractivity contribution in [2.24, 2.45) is 0 Å². The molecule has 0 saturated carbocycles. The standard InChI is InChI=1S/C24H29N3O4S/c1-5-29-21-10-9-18(14-22(21)30-6-2)11-13-25-23(28)19-8-7-12-26-24(19)32-15-20-16(3)27-31-17(20)4/h7-10,12,14H,5-6,11,13,15H2,1-4H3,(H,25,28). The molecular weight excluding hydrogens is 426 g/mol. The molecule has 0 spiro atoms. The Hall–Kier alpha value is -3.00. The largest absolute Gasteiger partial charge is 0.490 e. The van der Waals surface area contributed by atoms with Crippen molar-refractivity contribution in [2.45, 2.75) is 44.9 Å². The zero-order valence-corrected chi connectivity index (χ0v) is 19.8. The van der Waals surface area contributed by atoms with E-state index < -0.39 is 0 Å². The van der Waals surface area contributed by atoms with Crippen LogP contribution in [-0.2, 0) is 12.2 Å². The summed E-state index contributed by atoms with van der Waals surface area (Å²) >= 11 is 1.50. The van der Waals surface area contributed by atoms with Gasteiger partial charge in [-0.15, -0.1) is 11.8 Å². The minimum absolute atomic E-state index is 0.143. The number of hydrogen-bond acceptors (Lipinski definition) is 7. The van der Waals surface area contributed by atoms with Crippen LogP contribution in [0.15, 0.2) is 46.1 Å². The number of rotatable bonds is 11. The number of nitrogens with one attached hydrogen (secondary N) is 1. The number of aryl methyl sites for hydroxylation is 2. The SMILES string of the molecule is CCOc1ccc(CCNC(=O)c2cccnc2SCc2c(C)noc2C)cc1OCC. The summed E-state index contributed by atoms with van der Waals surface area (Å²) in [7, 11) is 0. The molecule has 0 bridgehead atoms. The van der Waals surface area contributed by atoms with E-state index in [2.05, 4.69) is 15.5 Å². The van der Waals surface area contributed by atoms with Gasteiger partial charge in [-0.1, -0.05) is 11.2 Å². The highest BCUT2D eigenvalue weighted by Crippen LogP contribution is 2.29. The fourth-order valence-corrected chi connectivity index (χ4v) is 4.34. The Morgan fingerprint density at radius 1 is 1.12 bits per heavy atom. The van der Waals surface area contributed by atoms with Gasteiger partial charge in [0.2, 0.25) is 0 Å². The predicted octanol–water partition coefficient (Wildman–Crippen LogP) is 4.75. The highest BCUT2D eigenvalue weighted by molar-refractivity contribution is 7.98. The van der Waals surface area contributed by atoms with Gasteiger partial charge in [0, 0.05) is 24.1 Å². The first-order valence-corrected chi connectivity index (χ1v) is 11.7. The van der Waals surface area contributed by atoms with Crippen LogP contribution in [0.5, 0.6) is 11.5 Å². The minimum atomic E-state index is -0.143. The first-order chi connectivity index (χ1) is 15.5. The second-order valence-corrected chi connectivity index (χ2v) is 8.06. The fourth-order valence-electron chi connectivity index (χ4n) is 3.19. The fraction of sp³-hybridized carbons (Fsp3) is 0.375. The Bertz CT molecular complexity index is 1030. The molecule has 8 heteroatoms. The average molecular weight is 456 g/mol. The molecule has 0 radical (unpaired) electrons. The Morgan fingerprint density at radius 3 is 2.62 bits per heavy atom. The van der Waals surface area contributed by atoms with Crippen molar-refractivity contribution < 1.29 is 18.8 Å². The van der Waals surface area contributed by atoms with Gasteiger partial charge in [0.25, 0.3) is 5.91 Å². The van der Waals surface area contributed by atoms with E-state index in [0.29, 0.717) is 42.5 Å². The Kier molecular flexibility index (Phi) is 8.56. The highest BCUT2D eigenvalue weighted by Gasteiger charge is 2.15. The molecule has 1 aromatic carbocycles. The van der Waals surface area contributed by atoms with E-state index in [4.69, 9.17) is 14.0 Å². The predicted molar refractivity (Wildman–Crippen MR) is 125 cm³/mol. The maximum atomic E-state index is 12.8. The zero-order valence-electron chi connectivity index (χ0n) is 18.9. The summed E-state index contributed by atoms with van der Waals surface area (Å²) < 4.78 is 16.5. The van der Waals surface area contributed by atoms with Crippen molar-refractivity contribution in [3.05, 3.63) is 64.7 Å². The number of carbonyl (C=O) groups is 1. The Morgan fingerprint density at radius 2 is 1.91 bits per heavy atom. The van der Waals surface area contributed by atoms with E-state index in [-0.39, 0.29) is 5.91 Å². The normalized spacial score (nSPS) is 10.8. The lowest BCUT2D eigenvalue weighted by Crippen LogP contribution is -2.26. The highest BCUT2D eigenvalue weighted by atomic mass is 32.2. The van der Waals surface area contributed by atoms with Gasteiger partial charge in [-0.25, -0.2) is 4.98 Å². The average Bonchev–Trinajstić information content (AvgIpc) is 3.11. The van der Waals surface area contributed by atoms with Gasteiger partial charge in [-0.3, -0.25) is 4.79 Å². The lowest BCUT2D eigenvalue weighted by Gasteiger charge is -2.13. The third kappa shape index (κ3) is 6.03. The number of amides is 1. The van der Waals surface area contributed by atoms with Crippen LogP contribution < -0.4 is 14.8 Å². The molecule has 2 heterocycles. The number of nitrogens with zero attached hydrogens (tertiary/aromatic N) is 2. The van der Waals surface area contributed by atoms with E-state index in [9.17, 15) is 4.79 Å². The van der Waals surface area contributed by atoms with Crippen LogP contribution in [0, 0.1) is 13.8 Å². The molecule has 1 amide bonds. The monoisotopic (exact) mass is 455 g/mol. The maximum absolute atomic E-state index is 12.8. The number of benzene rings is 1. The zero-order chi connectivity index (χ0) is 22.9. The third-order valence-electron chi connectivity index (χ3n) is 4.86. The van der Waals surface area contributed by atoms with Crippen LogP contribution in [0.2, 0.25) is 0 Å². The van der Waals surface area contributed by atoms with Crippen LogP contribution in [0.25, 0.3) is 0 Å². The molecule has 32 heavy (non-hydrogen) atoms. The number of pyridine rings is 1. The number of aromatic nitrogens is 2. The quantitative estimate of drug-likeness (QED) is 0.418. The lowest BCUT2D eigenvalue weighted by molar-refractivity contribution is 0.0950. The van der Waals surface area contributed by atoms with E-state index in [0.717, 1.165) is 34.1 Å². The second kappa shape index (κ2) is 11.6. The summed E-state index contributed by atoms with van der Waals surface area (Å²) in [6.45, 7) is 9.33. The molecule has 7 nitrogen and oxygen atoms in total. The maximum Gasteiger partial charge on any atom is 0.254 e. The molecule has 0 aliphatic rings. The van der Waals surface area contributed by atoms with Crippen LogP contribution in [0.3, 0.4) is 0 Å². The molecule has 0 aliphatic heterocycles. The first-order valence-electron chi connectivity index (χ1n) is 10.7. The summed E-state index contributed by atoms with van der Waals surface area (Å²) in [6, 6.07) is 9.44. The topological polar surface area (TPSA) is 86.5 Å². The summed E-state index contributed by atoms with van der Waals surface area (Å²) in [6.07, 6.45) is 2.38. The first kappa shape index (κ1) is 23.7. The van der Waals surface area contributed by atoms with Crippen molar-refractivity contribution >= 4 is 17.7 Å². The van der Waals surface area contributed by atoms with Crippen molar-refractivity contribution in [3.8, 4) is 11.5 Å². The molecule has 0 fully saturated rings. The summed E-state index contributed by atoms with van der Waals surface area (Å²) in [5.41, 5.74) is 3.52. The summed E-state index contributed by atoms with van der Waals surface area (Å²) in [5.74, 6) is 2.75. The van der Waals surface area contributed by atoms with Crippen LogP contribution in [0.1, 0.15) is 46.8 Å². The van der Waals surface area contributed by atoms with Gasteiger partial charge >= 0.3 is 0 Å². The molecule has 2 aromatic heterocycles. The third-order valence-corrected chi connectivity index (χ3v) is 5.89. The number of thioether (sulfide) groups is 1. The number of hydrogen-bond donors (Lipinski definition) is 1. The van der Waals surface area contributed by atoms with Crippen molar-refractivity contribution in [1.29, 1.82) is 0 Å². The van der Waals surface area contributed by atoms with Crippen molar-refractivity contribution in [1.82, 2.24) is 15.5 Å². The van der Waals surface area contributed by atoms with Crippen LogP contribution in [0.4, 0.5) is 0 Å². The molecular formula is C24H29N3O4S. The Labute approximate surface area is 192 Å². The molecule has 0 aliphatic carbocycles. The molecule has 3 aromatic rings. The Balaban J connectivity index is 1.60. The lowest BCUT2D eigenvalue weighted by atomic mass is 10.1. The van der Waals surface area contributed by atoms with Crippen molar-refractivity contribution in [2.75, 3.05) is 19.8 Å². The second-order valence-electron chi connectivity index (χ2n) is 7.10. The number of ether oxygens (including phenoxy) is 2. The molecule has 0 atom stereocenters. The molecule has 0 unspecified atom stereocenters. The molecule has 1 N–H and O–H groups in total. The van der Waals surface area contributed by atoms with Gasteiger partial charge in [0.15, 0.2) is 11.5 Å². The van der Waals surface area contributed by atoms with E-state index in [1.165, 1.54) is 11.8 Å².